The predicted molar refractivity (Wildman–Crippen MR) is 80.9 cm³/mol. The maximum atomic E-state index is 12.9. The van der Waals surface area contributed by atoms with E-state index in [-0.39, 0.29) is 12.1 Å². The van der Waals surface area contributed by atoms with Crippen molar-refractivity contribution < 1.29 is 8.42 Å². The van der Waals surface area contributed by atoms with Crippen LogP contribution in [0, 0.1) is 0 Å². The van der Waals surface area contributed by atoms with Crippen LogP contribution in [0.2, 0.25) is 0 Å². The van der Waals surface area contributed by atoms with Crippen LogP contribution in [0.25, 0.3) is 0 Å². The lowest BCUT2D eigenvalue weighted by atomic mass is 10.1. The van der Waals surface area contributed by atoms with Crippen molar-refractivity contribution in [2.24, 2.45) is 0 Å². The first-order chi connectivity index (χ1) is 9.46. The van der Waals surface area contributed by atoms with E-state index in [1.165, 1.54) is 0 Å². The molecule has 2 saturated heterocycles. The van der Waals surface area contributed by atoms with Gasteiger partial charge in [0.15, 0.2) is 0 Å². The van der Waals surface area contributed by atoms with Crippen molar-refractivity contribution in [3.05, 3.63) is 0 Å². The maximum Gasteiger partial charge on any atom is 0.282 e. The molecule has 0 saturated carbocycles. The average Bonchev–Trinajstić information content (AvgIpc) is 2.42. The van der Waals surface area contributed by atoms with E-state index >= 15 is 0 Å². The van der Waals surface area contributed by atoms with Crippen molar-refractivity contribution in [1.29, 1.82) is 0 Å². The number of likely N-dealkylation sites (N-methyl/N-ethyl adjacent to an activating group) is 2. The molecule has 0 radical (unpaired) electrons. The van der Waals surface area contributed by atoms with Gasteiger partial charge < -0.3 is 10.2 Å². The van der Waals surface area contributed by atoms with Crippen LogP contribution < -0.4 is 5.32 Å². The Labute approximate surface area is 123 Å². The standard InChI is InChI=1S/C13H28N4O2S/c1-12-11-16(9-8-15(12)3)20(18,19)17-7-5-4-6-13(17)10-14-2/h12-14H,4-11H2,1-3H3. The van der Waals surface area contributed by atoms with Crippen molar-refractivity contribution in [2.75, 3.05) is 46.8 Å². The van der Waals surface area contributed by atoms with E-state index in [0.29, 0.717) is 19.6 Å². The average molecular weight is 304 g/mol. The second-order valence-electron chi connectivity index (χ2n) is 6.01. The quantitative estimate of drug-likeness (QED) is 0.791. The molecule has 0 amide bonds. The lowest BCUT2D eigenvalue weighted by Crippen LogP contribution is -2.58. The van der Waals surface area contributed by atoms with Crippen molar-refractivity contribution in [3.63, 3.8) is 0 Å². The molecule has 2 heterocycles. The Morgan fingerprint density at radius 1 is 1.20 bits per heavy atom. The van der Waals surface area contributed by atoms with Crippen LogP contribution in [0.1, 0.15) is 26.2 Å². The molecule has 2 aliphatic rings. The molecule has 0 aliphatic carbocycles. The lowest BCUT2D eigenvalue weighted by molar-refractivity contribution is 0.145. The van der Waals surface area contributed by atoms with E-state index in [1.807, 2.05) is 7.05 Å². The molecule has 0 spiro atoms. The Morgan fingerprint density at radius 2 is 1.95 bits per heavy atom. The van der Waals surface area contributed by atoms with Gasteiger partial charge in [0.2, 0.25) is 0 Å². The number of rotatable bonds is 4. The molecule has 7 heteroatoms. The van der Waals surface area contributed by atoms with Crippen LogP contribution >= 0.6 is 0 Å². The van der Waals surface area contributed by atoms with E-state index in [9.17, 15) is 8.42 Å². The number of piperazine rings is 1. The van der Waals surface area contributed by atoms with Crippen LogP contribution in [0.5, 0.6) is 0 Å². The Hall–Kier alpha value is -0.210. The normalized spacial score (nSPS) is 31.6. The minimum Gasteiger partial charge on any atom is -0.318 e. The first kappa shape index (κ1) is 16.2. The van der Waals surface area contributed by atoms with Gasteiger partial charge in [-0.1, -0.05) is 6.42 Å². The van der Waals surface area contributed by atoms with Crippen LogP contribution in [-0.4, -0.2) is 80.8 Å². The van der Waals surface area contributed by atoms with Gasteiger partial charge in [0.1, 0.15) is 0 Å². The monoisotopic (exact) mass is 304 g/mol. The van der Waals surface area contributed by atoms with E-state index in [2.05, 4.69) is 24.2 Å². The molecule has 2 atom stereocenters. The van der Waals surface area contributed by atoms with Crippen molar-refractivity contribution >= 4 is 10.2 Å². The van der Waals surface area contributed by atoms with E-state index in [1.54, 1.807) is 8.61 Å². The number of hydrogen-bond acceptors (Lipinski definition) is 4. The van der Waals surface area contributed by atoms with Gasteiger partial charge in [0.25, 0.3) is 10.2 Å². The topological polar surface area (TPSA) is 55.9 Å². The zero-order valence-corrected chi connectivity index (χ0v) is 13.7. The molecule has 0 bridgehead atoms. The van der Waals surface area contributed by atoms with Crippen molar-refractivity contribution in [3.8, 4) is 0 Å². The molecular weight excluding hydrogens is 276 g/mol. The van der Waals surface area contributed by atoms with Gasteiger partial charge in [0.05, 0.1) is 0 Å². The summed E-state index contributed by atoms with van der Waals surface area (Å²) >= 11 is 0. The van der Waals surface area contributed by atoms with Crippen LogP contribution in [0.15, 0.2) is 0 Å². The largest absolute Gasteiger partial charge is 0.318 e. The fourth-order valence-electron chi connectivity index (χ4n) is 3.09. The fourth-order valence-corrected chi connectivity index (χ4v) is 5.02. The molecular formula is C13H28N4O2S. The highest BCUT2D eigenvalue weighted by Gasteiger charge is 2.38. The highest BCUT2D eigenvalue weighted by molar-refractivity contribution is 7.86. The van der Waals surface area contributed by atoms with Crippen LogP contribution in [-0.2, 0) is 10.2 Å². The van der Waals surface area contributed by atoms with E-state index in [0.717, 1.165) is 32.4 Å². The van der Waals surface area contributed by atoms with E-state index in [4.69, 9.17) is 0 Å². The number of piperidine rings is 1. The summed E-state index contributed by atoms with van der Waals surface area (Å²) in [5.74, 6) is 0. The molecule has 6 nitrogen and oxygen atoms in total. The molecule has 2 rings (SSSR count). The molecule has 118 valence electrons. The zero-order valence-electron chi connectivity index (χ0n) is 12.9. The molecule has 1 N–H and O–H groups in total. The van der Waals surface area contributed by atoms with Gasteiger partial charge in [-0.3, -0.25) is 0 Å². The SMILES string of the molecule is CNCC1CCCCN1S(=O)(=O)N1CCN(C)C(C)C1. The zero-order chi connectivity index (χ0) is 14.8. The van der Waals surface area contributed by atoms with Gasteiger partial charge in [-0.25, -0.2) is 0 Å². The smallest absolute Gasteiger partial charge is 0.282 e. The summed E-state index contributed by atoms with van der Waals surface area (Å²) < 4.78 is 29.2. The lowest BCUT2D eigenvalue weighted by Gasteiger charge is -2.42. The summed E-state index contributed by atoms with van der Waals surface area (Å²) in [6.45, 7) is 5.50. The van der Waals surface area contributed by atoms with Gasteiger partial charge in [-0.15, -0.1) is 0 Å². The number of nitrogens with one attached hydrogen (secondary N) is 1. The second kappa shape index (κ2) is 6.70. The first-order valence-corrected chi connectivity index (χ1v) is 8.98. The summed E-state index contributed by atoms with van der Waals surface area (Å²) in [7, 11) is 0.628. The van der Waals surface area contributed by atoms with Crippen LogP contribution in [0.3, 0.4) is 0 Å². The van der Waals surface area contributed by atoms with Crippen LogP contribution in [0.4, 0.5) is 0 Å². The third-order valence-corrected chi connectivity index (χ3v) is 6.62. The minimum absolute atomic E-state index is 0.105. The molecule has 0 aromatic rings. The third kappa shape index (κ3) is 3.33. The predicted octanol–water partition coefficient (Wildman–Crippen LogP) is -0.0590. The Balaban J connectivity index is 2.11. The van der Waals surface area contributed by atoms with Crippen molar-refractivity contribution in [1.82, 2.24) is 18.8 Å². The first-order valence-electron chi connectivity index (χ1n) is 7.58. The maximum absolute atomic E-state index is 12.9. The van der Waals surface area contributed by atoms with Gasteiger partial charge >= 0.3 is 0 Å². The van der Waals surface area contributed by atoms with Crippen molar-refractivity contribution in [2.45, 2.75) is 38.3 Å². The van der Waals surface area contributed by atoms with Gasteiger partial charge in [-0.05, 0) is 33.9 Å². The second-order valence-corrected chi connectivity index (χ2v) is 7.89. The highest BCUT2D eigenvalue weighted by Crippen LogP contribution is 2.24. The number of nitrogens with zero attached hydrogens (tertiary/aromatic N) is 3. The summed E-state index contributed by atoms with van der Waals surface area (Å²) in [5, 5.41) is 3.13. The Morgan fingerprint density at radius 3 is 2.60 bits per heavy atom. The van der Waals surface area contributed by atoms with Gasteiger partial charge in [-0.2, -0.15) is 17.0 Å². The third-order valence-electron chi connectivity index (χ3n) is 4.56. The van der Waals surface area contributed by atoms with Gasteiger partial charge in [0, 0.05) is 44.8 Å². The molecule has 2 aliphatic heterocycles. The molecule has 0 aromatic carbocycles. The van der Waals surface area contributed by atoms with E-state index < -0.39 is 10.2 Å². The summed E-state index contributed by atoms with van der Waals surface area (Å²) in [6.07, 6.45) is 3.06. The molecule has 0 aromatic heterocycles. The minimum atomic E-state index is -3.31. The summed E-state index contributed by atoms with van der Waals surface area (Å²) in [5.41, 5.74) is 0. The fraction of sp³-hybridized carbons (Fsp3) is 1.00. The molecule has 2 unspecified atom stereocenters. The molecule has 20 heavy (non-hydrogen) atoms. The highest BCUT2D eigenvalue weighted by atomic mass is 32.2. The Bertz CT molecular complexity index is 413. The summed E-state index contributed by atoms with van der Waals surface area (Å²) in [6, 6.07) is 0.389. The Kier molecular flexibility index (Phi) is 5.42. The summed E-state index contributed by atoms with van der Waals surface area (Å²) in [4.78, 5) is 2.22. The number of hydrogen-bond donors (Lipinski definition) is 1. The molecule has 2 fully saturated rings.